The molecule has 1 rings (SSSR count). The van der Waals surface area contributed by atoms with Crippen molar-refractivity contribution in [3.63, 3.8) is 0 Å². The topological polar surface area (TPSA) is 90.2 Å². The molecule has 3 atom stereocenters. The molecule has 0 amide bonds. The van der Waals surface area contributed by atoms with Gasteiger partial charge in [-0.25, -0.2) is 0 Å². The molecule has 1 fully saturated rings. The minimum Gasteiger partial charge on any atom is -0.393 e. The second-order valence-corrected chi connectivity index (χ2v) is 2.44. The molecule has 4 N–H and O–H groups in total. The van der Waals surface area contributed by atoms with Crippen molar-refractivity contribution in [2.75, 3.05) is 13.2 Å². The Balaban J connectivity index is 2.52. The molecule has 0 aromatic rings. The molecule has 0 aliphatic carbocycles. The molecule has 5 heteroatoms. The summed E-state index contributed by atoms with van der Waals surface area (Å²) in [6, 6.07) is 0. The Kier molecular flexibility index (Phi) is 2.80. The smallest absolute Gasteiger partial charge is 0.153 e. The summed E-state index contributed by atoms with van der Waals surface area (Å²) in [4.78, 5) is 0. The van der Waals surface area contributed by atoms with Crippen molar-refractivity contribution >= 4 is 0 Å². The van der Waals surface area contributed by atoms with Gasteiger partial charge in [0.1, 0.15) is 18.3 Å². The van der Waals surface area contributed by atoms with Crippen LogP contribution in [0.3, 0.4) is 0 Å². The standard InChI is InChI=1S/C6H11O5/c7-1-4-6(10)5(9)3(8)2-11-4/h3,5-10H,1-2H2/t3-,5-,6-/m1/s1. The molecule has 65 valence electrons. The van der Waals surface area contributed by atoms with E-state index in [4.69, 9.17) is 25.2 Å². The summed E-state index contributed by atoms with van der Waals surface area (Å²) in [6.07, 6.45) is -3.63. The van der Waals surface area contributed by atoms with Gasteiger partial charge in [-0.05, 0) is 0 Å². The molecule has 1 heterocycles. The van der Waals surface area contributed by atoms with Crippen molar-refractivity contribution in [1.29, 1.82) is 0 Å². The fourth-order valence-corrected chi connectivity index (χ4v) is 0.916. The maximum atomic E-state index is 9.08. The van der Waals surface area contributed by atoms with Crippen molar-refractivity contribution in [3.8, 4) is 0 Å². The van der Waals surface area contributed by atoms with E-state index in [1.807, 2.05) is 0 Å². The average molecular weight is 163 g/mol. The quantitative estimate of drug-likeness (QED) is 0.346. The zero-order valence-electron chi connectivity index (χ0n) is 5.84. The Labute approximate surface area is 63.8 Å². The fourth-order valence-electron chi connectivity index (χ4n) is 0.916. The van der Waals surface area contributed by atoms with E-state index in [0.29, 0.717) is 0 Å². The third-order valence-electron chi connectivity index (χ3n) is 1.64. The summed E-state index contributed by atoms with van der Waals surface area (Å²) >= 11 is 0. The lowest BCUT2D eigenvalue weighted by Gasteiger charge is -2.33. The molecule has 0 aromatic carbocycles. The molecule has 0 bridgehead atoms. The Hall–Kier alpha value is -0.200. The van der Waals surface area contributed by atoms with Crippen LogP contribution in [0.1, 0.15) is 0 Å². The Morgan fingerprint density at radius 3 is 2.55 bits per heavy atom. The van der Waals surface area contributed by atoms with Crippen LogP contribution >= 0.6 is 0 Å². The third-order valence-corrected chi connectivity index (χ3v) is 1.64. The molecule has 11 heavy (non-hydrogen) atoms. The van der Waals surface area contributed by atoms with Crippen molar-refractivity contribution in [3.05, 3.63) is 6.10 Å². The molecule has 5 nitrogen and oxygen atoms in total. The van der Waals surface area contributed by atoms with Gasteiger partial charge in [0.2, 0.25) is 0 Å². The summed E-state index contributed by atoms with van der Waals surface area (Å²) in [7, 11) is 0. The van der Waals surface area contributed by atoms with Gasteiger partial charge in [0, 0.05) is 0 Å². The summed E-state index contributed by atoms with van der Waals surface area (Å²) in [5.41, 5.74) is 0. The summed E-state index contributed by atoms with van der Waals surface area (Å²) < 4.78 is 4.73. The van der Waals surface area contributed by atoms with Gasteiger partial charge in [-0.1, -0.05) is 0 Å². The van der Waals surface area contributed by atoms with Crippen molar-refractivity contribution in [2.45, 2.75) is 18.3 Å². The van der Waals surface area contributed by atoms with E-state index in [-0.39, 0.29) is 12.7 Å². The molecular formula is C6H11O5. The van der Waals surface area contributed by atoms with Crippen molar-refractivity contribution in [2.24, 2.45) is 0 Å². The first-order chi connectivity index (χ1) is 5.16. The highest BCUT2D eigenvalue weighted by Crippen LogP contribution is 2.20. The number of ether oxygens (including phenoxy) is 1. The third kappa shape index (κ3) is 1.69. The van der Waals surface area contributed by atoms with Crippen LogP contribution in [0, 0.1) is 6.10 Å². The first kappa shape index (κ1) is 8.89. The molecule has 1 aliphatic rings. The van der Waals surface area contributed by atoms with Gasteiger partial charge < -0.3 is 25.2 Å². The monoisotopic (exact) mass is 163 g/mol. The summed E-state index contributed by atoms with van der Waals surface area (Å²) in [6.45, 7) is -0.529. The SMILES string of the molecule is OC[C]1OC[C@@H](O)[C@@H](O)[C@@H]1O. The van der Waals surface area contributed by atoms with Gasteiger partial charge in [-0.2, -0.15) is 0 Å². The van der Waals surface area contributed by atoms with E-state index >= 15 is 0 Å². The molecule has 0 saturated carbocycles. The van der Waals surface area contributed by atoms with E-state index in [1.165, 1.54) is 0 Å². The Morgan fingerprint density at radius 2 is 2.00 bits per heavy atom. The highest BCUT2D eigenvalue weighted by Gasteiger charge is 2.37. The largest absolute Gasteiger partial charge is 0.393 e. The number of rotatable bonds is 1. The molecular weight excluding hydrogens is 152 g/mol. The predicted molar refractivity (Wildman–Crippen MR) is 34.3 cm³/mol. The van der Waals surface area contributed by atoms with Gasteiger partial charge >= 0.3 is 0 Å². The molecule has 0 aromatic heterocycles. The Bertz CT molecular complexity index is 126. The molecule has 0 unspecified atom stereocenters. The van der Waals surface area contributed by atoms with Gasteiger partial charge in [0.15, 0.2) is 6.10 Å². The van der Waals surface area contributed by atoms with Crippen LogP contribution in [0.5, 0.6) is 0 Å². The van der Waals surface area contributed by atoms with Crippen LogP contribution < -0.4 is 0 Å². The Morgan fingerprint density at radius 1 is 1.36 bits per heavy atom. The first-order valence-corrected chi connectivity index (χ1v) is 3.30. The van der Waals surface area contributed by atoms with Gasteiger partial charge in [-0.15, -0.1) is 0 Å². The second-order valence-electron chi connectivity index (χ2n) is 2.44. The number of aliphatic hydroxyl groups is 4. The zero-order valence-corrected chi connectivity index (χ0v) is 5.84. The molecule has 1 radical (unpaired) electrons. The second kappa shape index (κ2) is 3.46. The van der Waals surface area contributed by atoms with E-state index < -0.39 is 24.9 Å². The molecule has 1 saturated heterocycles. The van der Waals surface area contributed by atoms with Gasteiger partial charge in [0.25, 0.3) is 0 Å². The first-order valence-electron chi connectivity index (χ1n) is 3.30. The van der Waals surface area contributed by atoms with Crippen LogP contribution in [0.15, 0.2) is 0 Å². The van der Waals surface area contributed by atoms with Crippen LogP contribution in [-0.2, 0) is 4.74 Å². The zero-order chi connectivity index (χ0) is 8.43. The number of aliphatic hydroxyl groups excluding tert-OH is 4. The van der Waals surface area contributed by atoms with Crippen LogP contribution in [0.2, 0.25) is 0 Å². The summed E-state index contributed by atoms with van der Waals surface area (Å²) in [5.74, 6) is 0. The molecule has 1 aliphatic heterocycles. The lowest BCUT2D eigenvalue weighted by atomic mass is 10.0. The van der Waals surface area contributed by atoms with Crippen molar-refractivity contribution in [1.82, 2.24) is 0 Å². The van der Waals surface area contributed by atoms with Crippen LogP contribution in [0.4, 0.5) is 0 Å². The highest BCUT2D eigenvalue weighted by atomic mass is 16.5. The highest BCUT2D eigenvalue weighted by molar-refractivity contribution is 4.98. The normalized spacial score (nSPS) is 40.9. The number of hydrogen-bond donors (Lipinski definition) is 4. The van der Waals surface area contributed by atoms with Gasteiger partial charge in [-0.3, -0.25) is 0 Å². The van der Waals surface area contributed by atoms with E-state index in [0.717, 1.165) is 0 Å². The predicted octanol–water partition coefficient (Wildman–Crippen LogP) is -2.38. The summed E-state index contributed by atoms with van der Waals surface area (Å²) in [5, 5.41) is 35.6. The van der Waals surface area contributed by atoms with Gasteiger partial charge in [0.05, 0.1) is 13.2 Å². The van der Waals surface area contributed by atoms with Crippen LogP contribution in [-0.4, -0.2) is 52.0 Å². The van der Waals surface area contributed by atoms with E-state index in [1.54, 1.807) is 0 Å². The minimum absolute atomic E-state index is 0.00259. The maximum Gasteiger partial charge on any atom is 0.153 e. The lowest BCUT2D eigenvalue weighted by molar-refractivity contribution is -0.153. The maximum absolute atomic E-state index is 9.08. The fraction of sp³-hybridized carbons (Fsp3) is 0.833. The van der Waals surface area contributed by atoms with Crippen LogP contribution in [0.25, 0.3) is 0 Å². The average Bonchev–Trinajstić information content (AvgIpc) is 2.01. The number of hydrogen-bond acceptors (Lipinski definition) is 5. The van der Waals surface area contributed by atoms with Crippen molar-refractivity contribution < 1.29 is 25.2 Å². The minimum atomic E-state index is -1.29. The lowest BCUT2D eigenvalue weighted by Crippen LogP contribution is -2.50. The van der Waals surface area contributed by atoms with E-state index in [9.17, 15) is 0 Å². The molecule has 0 spiro atoms. The van der Waals surface area contributed by atoms with E-state index in [2.05, 4.69) is 0 Å².